The zero-order valence-electron chi connectivity index (χ0n) is 9.84. The molecule has 1 atom stereocenters. The zero-order valence-corrected chi connectivity index (χ0v) is 11.5. The Morgan fingerprint density at radius 3 is 2.32 bits per heavy atom. The van der Waals surface area contributed by atoms with E-state index < -0.39 is 21.9 Å². The molecule has 19 heavy (non-hydrogen) atoms. The molecule has 9 heteroatoms. The van der Waals surface area contributed by atoms with Crippen molar-refractivity contribution in [3.8, 4) is 5.75 Å². The molecule has 1 rings (SSSR count). The van der Waals surface area contributed by atoms with Crippen LogP contribution in [-0.2, 0) is 10.0 Å². The van der Waals surface area contributed by atoms with E-state index in [2.05, 4.69) is 21.7 Å². The number of rotatable bonds is 6. The number of nitrogens with two attached hydrogens (primary N) is 1. The molecule has 1 aromatic carbocycles. The Labute approximate surface area is 114 Å². The molecule has 5 nitrogen and oxygen atoms in total. The molecule has 3 N–H and O–H groups in total. The minimum absolute atomic E-state index is 0.0691. The number of halogens is 2. The van der Waals surface area contributed by atoms with Crippen LogP contribution < -0.4 is 15.2 Å². The summed E-state index contributed by atoms with van der Waals surface area (Å²) in [4.78, 5) is -0.162. The van der Waals surface area contributed by atoms with Gasteiger partial charge in [0.15, 0.2) is 0 Å². The Hall–Kier alpha value is -1.48. The second kappa shape index (κ2) is 6.11. The van der Waals surface area contributed by atoms with Crippen LogP contribution in [0.3, 0.4) is 0 Å². The van der Waals surface area contributed by atoms with Gasteiger partial charge in [-0.1, -0.05) is 12.2 Å². The number of nitrogens with one attached hydrogen (secondary N) is 1. The lowest BCUT2D eigenvalue weighted by Gasteiger charge is -2.13. The average molecular weight is 310 g/mol. The molecule has 0 radical (unpaired) electrons. The SMILES string of the molecule is CC(C(N)=S)S(=O)(=O)Nc1ccc(OC(F)F)cc1. The molecular weight excluding hydrogens is 298 g/mol. The molecule has 0 bridgehead atoms. The van der Waals surface area contributed by atoms with Gasteiger partial charge in [0.1, 0.15) is 11.0 Å². The van der Waals surface area contributed by atoms with Crippen molar-refractivity contribution in [2.45, 2.75) is 18.8 Å². The first-order valence-electron chi connectivity index (χ1n) is 5.08. The maximum atomic E-state index is 11.9. The number of hydrogen-bond donors (Lipinski definition) is 2. The Bertz CT molecular complexity index is 546. The van der Waals surface area contributed by atoms with E-state index in [1.807, 2.05) is 0 Å². The molecule has 0 heterocycles. The van der Waals surface area contributed by atoms with Gasteiger partial charge >= 0.3 is 6.61 Å². The number of sulfonamides is 1. The molecule has 1 unspecified atom stereocenters. The maximum Gasteiger partial charge on any atom is 0.387 e. The predicted molar refractivity (Wildman–Crippen MR) is 71.9 cm³/mol. The third-order valence-corrected chi connectivity index (χ3v) is 4.41. The summed E-state index contributed by atoms with van der Waals surface area (Å²) in [6, 6.07) is 5.02. The Morgan fingerprint density at radius 1 is 1.37 bits per heavy atom. The van der Waals surface area contributed by atoms with Crippen LogP contribution in [-0.4, -0.2) is 25.3 Å². The second-order valence-electron chi connectivity index (χ2n) is 3.59. The first-order chi connectivity index (χ1) is 8.72. The van der Waals surface area contributed by atoms with E-state index in [0.29, 0.717) is 0 Å². The highest BCUT2D eigenvalue weighted by molar-refractivity contribution is 7.95. The van der Waals surface area contributed by atoms with Crippen molar-refractivity contribution >= 4 is 32.9 Å². The maximum absolute atomic E-state index is 11.9. The smallest absolute Gasteiger partial charge is 0.387 e. The lowest BCUT2D eigenvalue weighted by atomic mass is 10.3. The molecule has 0 saturated heterocycles. The topological polar surface area (TPSA) is 81.4 Å². The predicted octanol–water partition coefficient (Wildman–Crippen LogP) is 1.70. The van der Waals surface area contributed by atoms with Crippen LogP contribution in [0, 0.1) is 0 Å². The largest absolute Gasteiger partial charge is 0.435 e. The minimum atomic E-state index is -3.75. The van der Waals surface area contributed by atoms with Crippen molar-refractivity contribution in [2.75, 3.05) is 4.72 Å². The van der Waals surface area contributed by atoms with Crippen LogP contribution in [0.5, 0.6) is 5.75 Å². The molecule has 0 amide bonds. The molecule has 0 fully saturated rings. The van der Waals surface area contributed by atoms with Crippen LogP contribution in [0.2, 0.25) is 0 Å². The van der Waals surface area contributed by atoms with Gasteiger partial charge < -0.3 is 10.5 Å². The number of thiocarbonyl (C=S) groups is 1. The van der Waals surface area contributed by atoms with Crippen LogP contribution in [0.4, 0.5) is 14.5 Å². The molecule has 1 aromatic rings. The van der Waals surface area contributed by atoms with Gasteiger partial charge in [-0.15, -0.1) is 0 Å². The number of hydrogen-bond acceptors (Lipinski definition) is 4. The van der Waals surface area contributed by atoms with Gasteiger partial charge in [0, 0.05) is 5.69 Å². The van der Waals surface area contributed by atoms with Gasteiger partial charge in [0.25, 0.3) is 0 Å². The number of ether oxygens (including phenoxy) is 1. The molecule has 0 aromatic heterocycles. The quantitative estimate of drug-likeness (QED) is 0.782. The van der Waals surface area contributed by atoms with Crippen molar-refractivity contribution in [3.63, 3.8) is 0 Å². The fourth-order valence-corrected chi connectivity index (χ4v) is 2.44. The first-order valence-corrected chi connectivity index (χ1v) is 7.03. The number of alkyl halides is 2. The van der Waals surface area contributed by atoms with E-state index in [1.54, 1.807) is 0 Å². The van der Waals surface area contributed by atoms with Crippen molar-refractivity contribution in [1.29, 1.82) is 0 Å². The monoisotopic (exact) mass is 310 g/mol. The fourth-order valence-electron chi connectivity index (χ4n) is 1.11. The van der Waals surface area contributed by atoms with Gasteiger partial charge in [0.05, 0.1) is 4.99 Å². The van der Waals surface area contributed by atoms with Crippen molar-refractivity contribution in [3.05, 3.63) is 24.3 Å². The Morgan fingerprint density at radius 2 is 1.89 bits per heavy atom. The first kappa shape index (κ1) is 15.6. The standard InChI is InChI=1S/C10H12F2N2O3S2/c1-6(9(13)18)19(15,16)14-7-2-4-8(5-3-7)17-10(11)12/h2-6,10,14H,1H3,(H2,13,18). The van der Waals surface area contributed by atoms with E-state index in [1.165, 1.54) is 31.2 Å². The van der Waals surface area contributed by atoms with Gasteiger partial charge in [-0.2, -0.15) is 8.78 Å². The number of benzene rings is 1. The van der Waals surface area contributed by atoms with E-state index in [-0.39, 0.29) is 16.4 Å². The highest BCUT2D eigenvalue weighted by Gasteiger charge is 2.23. The van der Waals surface area contributed by atoms with Gasteiger partial charge in [0.2, 0.25) is 10.0 Å². The number of anilines is 1. The molecule has 0 aliphatic carbocycles. The molecule has 0 saturated carbocycles. The minimum Gasteiger partial charge on any atom is -0.435 e. The van der Waals surface area contributed by atoms with Crippen molar-refractivity contribution in [1.82, 2.24) is 0 Å². The summed E-state index contributed by atoms with van der Waals surface area (Å²) in [5.41, 5.74) is 5.46. The Balaban J connectivity index is 2.81. The third-order valence-electron chi connectivity index (χ3n) is 2.21. The lowest BCUT2D eigenvalue weighted by molar-refractivity contribution is -0.0498. The molecule has 0 spiro atoms. The van der Waals surface area contributed by atoms with Crippen LogP contribution in [0.1, 0.15) is 6.92 Å². The van der Waals surface area contributed by atoms with Gasteiger partial charge in [-0.3, -0.25) is 4.72 Å². The zero-order chi connectivity index (χ0) is 14.6. The fraction of sp³-hybridized carbons (Fsp3) is 0.300. The van der Waals surface area contributed by atoms with Crippen molar-refractivity contribution < 1.29 is 21.9 Å². The van der Waals surface area contributed by atoms with E-state index >= 15 is 0 Å². The summed E-state index contributed by atoms with van der Waals surface area (Å²) in [7, 11) is -3.75. The summed E-state index contributed by atoms with van der Waals surface area (Å²) >= 11 is 4.61. The van der Waals surface area contributed by atoms with Gasteiger partial charge in [-0.25, -0.2) is 8.42 Å². The van der Waals surface area contributed by atoms with E-state index in [0.717, 1.165) is 0 Å². The molecule has 106 valence electrons. The lowest BCUT2D eigenvalue weighted by Crippen LogP contribution is -2.35. The normalized spacial score (nSPS) is 13.1. The molecule has 0 aliphatic heterocycles. The van der Waals surface area contributed by atoms with E-state index in [4.69, 9.17) is 5.73 Å². The second-order valence-corrected chi connectivity index (χ2v) is 6.07. The summed E-state index contributed by atoms with van der Waals surface area (Å²) < 4.78 is 53.8. The molecule has 0 aliphatic rings. The summed E-state index contributed by atoms with van der Waals surface area (Å²) in [5, 5.41) is -1.04. The van der Waals surface area contributed by atoms with Crippen LogP contribution in [0.15, 0.2) is 24.3 Å². The summed E-state index contributed by atoms with van der Waals surface area (Å²) in [6.45, 7) is -1.59. The highest BCUT2D eigenvalue weighted by atomic mass is 32.2. The van der Waals surface area contributed by atoms with Gasteiger partial charge in [-0.05, 0) is 31.2 Å². The van der Waals surface area contributed by atoms with Crippen LogP contribution in [0.25, 0.3) is 0 Å². The molecular formula is C10H12F2N2O3S2. The summed E-state index contributed by atoms with van der Waals surface area (Å²) in [5.74, 6) is -0.0691. The third kappa shape index (κ3) is 4.60. The highest BCUT2D eigenvalue weighted by Crippen LogP contribution is 2.19. The average Bonchev–Trinajstić information content (AvgIpc) is 2.29. The van der Waals surface area contributed by atoms with E-state index in [9.17, 15) is 17.2 Å². The van der Waals surface area contributed by atoms with Crippen molar-refractivity contribution in [2.24, 2.45) is 5.73 Å². The Kier molecular flexibility index (Phi) is 5.01. The van der Waals surface area contributed by atoms with Crippen LogP contribution >= 0.6 is 12.2 Å². The summed E-state index contributed by atoms with van der Waals surface area (Å²) in [6.07, 6.45) is 0.